The molecule has 1 saturated heterocycles. The lowest BCUT2D eigenvalue weighted by molar-refractivity contribution is -0.114. The fourth-order valence-electron chi connectivity index (χ4n) is 3.21. The van der Waals surface area contributed by atoms with Crippen LogP contribution in [0.1, 0.15) is 12.8 Å². The maximum atomic E-state index is 12.5. The molecule has 0 aliphatic carbocycles. The van der Waals surface area contributed by atoms with Crippen LogP contribution in [0.4, 0.5) is 17.1 Å². The van der Waals surface area contributed by atoms with E-state index in [2.05, 4.69) is 15.5 Å². The lowest BCUT2D eigenvalue weighted by atomic mass is 10.2. The highest BCUT2D eigenvalue weighted by atomic mass is 35.5. The van der Waals surface area contributed by atoms with Crippen molar-refractivity contribution < 1.29 is 14.3 Å². The number of hydrogen-bond acceptors (Lipinski definition) is 5. The van der Waals surface area contributed by atoms with Crippen LogP contribution in [-0.4, -0.2) is 39.8 Å². The van der Waals surface area contributed by atoms with Gasteiger partial charge in [-0.05, 0) is 37.1 Å². The van der Waals surface area contributed by atoms with Crippen LogP contribution in [0, 0.1) is 0 Å². The molecule has 2 aromatic carbocycles. The molecule has 2 aromatic rings. The van der Waals surface area contributed by atoms with Crippen molar-refractivity contribution in [2.45, 2.75) is 12.8 Å². The predicted octanol–water partition coefficient (Wildman–Crippen LogP) is 4.66. The molecule has 1 heterocycles. The van der Waals surface area contributed by atoms with Gasteiger partial charge in [0, 0.05) is 24.2 Å². The van der Waals surface area contributed by atoms with E-state index in [0.717, 1.165) is 24.5 Å². The van der Waals surface area contributed by atoms with Crippen LogP contribution in [0.3, 0.4) is 0 Å². The number of nitrogens with one attached hydrogen (secondary N) is 2. The maximum Gasteiger partial charge on any atom is 0.243 e. The van der Waals surface area contributed by atoms with E-state index in [0.29, 0.717) is 27.2 Å². The molecule has 3 rings (SSSR count). The second-order valence-corrected chi connectivity index (χ2v) is 7.29. The highest BCUT2D eigenvalue weighted by Gasteiger charge is 2.17. The van der Waals surface area contributed by atoms with Crippen LogP contribution >= 0.6 is 23.2 Å². The molecule has 8 heteroatoms. The number of anilines is 3. The van der Waals surface area contributed by atoms with Crippen molar-refractivity contribution in [1.82, 2.24) is 0 Å². The van der Waals surface area contributed by atoms with Crippen LogP contribution in [0.2, 0.25) is 10.0 Å². The number of nitrogens with zero attached hydrogens (tertiary/aromatic N) is 1. The number of halogens is 2. The maximum absolute atomic E-state index is 12.5. The van der Waals surface area contributed by atoms with Gasteiger partial charge in [0.15, 0.2) is 0 Å². The molecule has 28 heavy (non-hydrogen) atoms. The summed E-state index contributed by atoms with van der Waals surface area (Å²) in [4.78, 5) is 14.8. The molecule has 2 N–H and O–H groups in total. The first kappa shape index (κ1) is 20.4. The van der Waals surface area contributed by atoms with E-state index in [9.17, 15) is 4.79 Å². The van der Waals surface area contributed by atoms with Crippen molar-refractivity contribution in [3.05, 3.63) is 40.4 Å². The Morgan fingerprint density at radius 2 is 1.75 bits per heavy atom. The zero-order chi connectivity index (χ0) is 20.1. The van der Waals surface area contributed by atoms with E-state index in [4.69, 9.17) is 32.7 Å². The van der Waals surface area contributed by atoms with E-state index in [1.807, 2.05) is 18.2 Å². The van der Waals surface area contributed by atoms with Gasteiger partial charge in [0.05, 0.1) is 42.8 Å². The number of carbonyl (C=O) groups excluding carboxylic acids is 1. The Morgan fingerprint density at radius 3 is 2.43 bits per heavy atom. The molecule has 1 fully saturated rings. The summed E-state index contributed by atoms with van der Waals surface area (Å²) in [5, 5.41) is 7.01. The number of carbonyl (C=O) groups is 1. The van der Waals surface area contributed by atoms with Crippen LogP contribution in [0.5, 0.6) is 11.5 Å². The second-order valence-electron chi connectivity index (χ2n) is 6.44. The summed E-state index contributed by atoms with van der Waals surface area (Å²) >= 11 is 12.3. The summed E-state index contributed by atoms with van der Waals surface area (Å²) in [6, 6.07) is 8.93. The number of rotatable bonds is 7. The van der Waals surface area contributed by atoms with Gasteiger partial charge in [-0.15, -0.1) is 0 Å². The summed E-state index contributed by atoms with van der Waals surface area (Å²) in [6.45, 7) is 2.09. The first-order chi connectivity index (χ1) is 13.5. The second kappa shape index (κ2) is 9.26. The summed E-state index contributed by atoms with van der Waals surface area (Å²) in [5.41, 5.74) is 2.37. The van der Waals surface area contributed by atoms with Gasteiger partial charge >= 0.3 is 0 Å². The van der Waals surface area contributed by atoms with Gasteiger partial charge in [-0.3, -0.25) is 4.79 Å². The molecule has 0 radical (unpaired) electrons. The molecule has 0 bridgehead atoms. The van der Waals surface area contributed by atoms with Crippen molar-refractivity contribution >= 4 is 46.2 Å². The molecule has 150 valence electrons. The molecule has 0 saturated carbocycles. The van der Waals surface area contributed by atoms with Crippen molar-refractivity contribution in [3.8, 4) is 11.5 Å². The van der Waals surface area contributed by atoms with Crippen molar-refractivity contribution in [2.24, 2.45) is 0 Å². The average molecular weight is 424 g/mol. The van der Waals surface area contributed by atoms with Gasteiger partial charge in [0.2, 0.25) is 5.91 Å². The molecule has 0 spiro atoms. The van der Waals surface area contributed by atoms with Crippen LogP contribution in [0.25, 0.3) is 0 Å². The molecule has 1 amide bonds. The summed E-state index contributed by atoms with van der Waals surface area (Å²) in [6.07, 6.45) is 2.33. The van der Waals surface area contributed by atoms with E-state index in [1.165, 1.54) is 27.1 Å². The molecule has 0 unspecified atom stereocenters. The first-order valence-corrected chi connectivity index (χ1v) is 9.77. The van der Waals surface area contributed by atoms with E-state index < -0.39 is 0 Å². The molecule has 0 atom stereocenters. The quantitative estimate of drug-likeness (QED) is 0.677. The van der Waals surface area contributed by atoms with Gasteiger partial charge in [-0.2, -0.15) is 0 Å². The Balaban J connectivity index is 1.70. The van der Waals surface area contributed by atoms with Gasteiger partial charge in [-0.1, -0.05) is 23.2 Å². The smallest absolute Gasteiger partial charge is 0.243 e. The predicted molar refractivity (Wildman–Crippen MR) is 115 cm³/mol. The largest absolute Gasteiger partial charge is 0.495 e. The average Bonchev–Trinajstić information content (AvgIpc) is 3.21. The summed E-state index contributed by atoms with van der Waals surface area (Å²) in [7, 11) is 3.04. The van der Waals surface area contributed by atoms with Gasteiger partial charge in [0.1, 0.15) is 11.5 Å². The lowest BCUT2D eigenvalue weighted by Gasteiger charge is -2.22. The Labute approximate surface area is 174 Å². The standard InChI is InChI=1S/C20H23Cl2N3O3/c1-27-18-11-19(28-2)16(10-14(18)22)24-20(26)12-23-15-9-13(21)5-6-17(15)25-7-3-4-8-25/h5-6,9-11,23H,3-4,7-8,12H2,1-2H3,(H,24,26). The molecule has 1 aliphatic heterocycles. The SMILES string of the molecule is COc1cc(OC)c(NC(=O)CNc2cc(Cl)ccc2N2CCCC2)cc1Cl. The molecule has 6 nitrogen and oxygen atoms in total. The van der Waals surface area contributed by atoms with Crippen molar-refractivity contribution in [1.29, 1.82) is 0 Å². The molecular formula is C20H23Cl2N3O3. The monoisotopic (exact) mass is 423 g/mol. The highest BCUT2D eigenvalue weighted by Crippen LogP contribution is 2.36. The van der Waals surface area contributed by atoms with Crippen LogP contribution in [0.15, 0.2) is 30.3 Å². The van der Waals surface area contributed by atoms with Crippen LogP contribution in [-0.2, 0) is 4.79 Å². The van der Waals surface area contributed by atoms with Gasteiger partial charge < -0.3 is 25.0 Å². The highest BCUT2D eigenvalue weighted by molar-refractivity contribution is 6.32. The number of hydrogen-bond donors (Lipinski definition) is 2. The Kier molecular flexibility index (Phi) is 6.75. The normalized spacial score (nSPS) is 13.4. The molecular weight excluding hydrogens is 401 g/mol. The summed E-state index contributed by atoms with van der Waals surface area (Å²) in [5.74, 6) is 0.714. The Hall–Kier alpha value is -2.31. The van der Waals surface area contributed by atoms with Gasteiger partial charge in [-0.25, -0.2) is 0 Å². The third-order valence-corrected chi connectivity index (χ3v) is 5.12. The number of methoxy groups -OCH3 is 2. The Morgan fingerprint density at radius 1 is 1.04 bits per heavy atom. The minimum atomic E-state index is -0.230. The lowest BCUT2D eigenvalue weighted by Crippen LogP contribution is -2.24. The molecule has 1 aliphatic rings. The molecule has 0 aromatic heterocycles. The van der Waals surface area contributed by atoms with Crippen molar-refractivity contribution in [2.75, 3.05) is 49.4 Å². The fourth-order valence-corrected chi connectivity index (χ4v) is 3.62. The topological polar surface area (TPSA) is 62.8 Å². The zero-order valence-electron chi connectivity index (χ0n) is 15.9. The van der Waals surface area contributed by atoms with E-state index in [-0.39, 0.29) is 12.5 Å². The fraction of sp³-hybridized carbons (Fsp3) is 0.350. The summed E-state index contributed by atoms with van der Waals surface area (Å²) < 4.78 is 10.5. The van der Waals surface area contributed by atoms with E-state index >= 15 is 0 Å². The minimum absolute atomic E-state index is 0.0774. The number of ether oxygens (including phenoxy) is 2. The van der Waals surface area contributed by atoms with E-state index in [1.54, 1.807) is 12.1 Å². The zero-order valence-corrected chi connectivity index (χ0v) is 17.4. The third-order valence-electron chi connectivity index (χ3n) is 4.59. The first-order valence-electron chi connectivity index (χ1n) is 9.01. The minimum Gasteiger partial charge on any atom is -0.495 e. The van der Waals surface area contributed by atoms with Crippen molar-refractivity contribution in [3.63, 3.8) is 0 Å². The number of benzene rings is 2. The third kappa shape index (κ3) is 4.75. The Bertz CT molecular complexity index is 855. The van der Waals surface area contributed by atoms with Gasteiger partial charge in [0.25, 0.3) is 0 Å². The van der Waals surface area contributed by atoms with Crippen LogP contribution < -0.4 is 25.0 Å². The number of amides is 1.